The van der Waals surface area contributed by atoms with E-state index in [0.29, 0.717) is 29.2 Å². The minimum atomic E-state index is -1.21. The molecule has 1 N–H and O–H groups in total. The highest BCUT2D eigenvalue weighted by molar-refractivity contribution is 8.01. The first-order valence-corrected chi connectivity index (χ1v) is 11.9. The Balaban J connectivity index is 1.49. The largest absolute Gasteiger partial charge is 0.323 e. The second kappa shape index (κ2) is 8.43. The van der Waals surface area contributed by atoms with Crippen LogP contribution in [0.2, 0.25) is 0 Å². The highest BCUT2D eigenvalue weighted by Gasteiger charge is 2.59. The number of anilines is 2. The summed E-state index contributed by atoms with van der Waals surface area (Å²) < 4.78 is 27.2. The molecule has 0 radical (unpaired) electrons. The third-order valence-corrected chi connectivity index (χ3v) is 7.85. The number of halogens is 2. The highest BCUT2D eigenvalue weighted by atomic mass is 32.2. The molecule has 1 atom stereocenters. The zero-order valence-corrected chi connectivity index (χ0v) is 19.6. The summed E-state index contributed by atoms with van der Waals surface area (Å²) in [7, 11) is 0. The van der Waals surface area contributed by atoms with Gasteiger partial charge >= 0.3 is 6.03 Å². The van der Waals surface area contributed by atoms with Crippen molar-refractivity contribution in [1.29, 1.82) is 0 Å². The Morgan fingerprint density at radius 3 is 2.59 bits per heavy atom. The number of aryl methyl sites for hydroxylation is 2. The van der Waals surface area contributed by atoms with Crippen molar-refractivity contribution in [1.82, 2.24) is 4.90 Å². The zero-order valence-electron chi connectivity index (χ0n) is 18.8. The summed E-state index contributed by atoms with van der Waals surface area (Å²) in [5.41, 5.74) is 4.70. The minimum Gasteiger partial charge on any atom is -0.308 e. The number of nitrogens with zero attached hydrogens (tertiary/aromatic N) is 2. The summed E-state index contributed by atoms with van der Waals surface area (Å²) in [4.78, 5) is 29.3. The normalized spacial score (nSPS) is 19.1. The van der Waals surface area contributed by atoms with Gasteiger partial charge in [0.05, 0.1) is 12.2 Å². The fourth-order valence-corrected chi connectivity index (χ4v) is 6.02. The van der Waals surface area contributed by atoms with Gasteiger partial charge in [-0.1, -0.05) is 30.3 Å². The summed E-state index contributed by atoms with van der Waals surface area (Å²) in [5, 5.41) is 2.94. The first kappa shape index (κ1) is 22.4. The molecule has 2 heterocycles. The van der Waals surface area contributed by atoms with Gasteiger partial charge in [-0.25, -0.2) is 13.6 Å². The first-order valence-electron chi connectivity index (χ1n) is 11.0. The number of rotatable bonds is 3. The number of nitrogens with one attached hydrogen (secondary N) is 1. The molecule has 0 aromatic heterocycles. The van der Waals surface area contributed by atoms with Crippen LogP contribution in [0.5, 0.6) is 0 Å². The Hall–Kier alpha value is -3.39. The van der Waals surface area contributed by atoms with Crippen LogP contribution in [0.4, 0.5) is 25.0 Å². The smallest absolute Gasteiger partial charge is 0.308 e. The molecule has 1 spiro atoms. The van der Waals surface area contributed by atoms with Crippen LogP contribution >= 0.6 is 11.8 Å². The van der Waals surface area contributed by atoms with Crippen LogP contribution in [-0.4, -0.2) is 29.1 Å². The number of amides is 3. The summed E-state index contributed by atoms with van der Waals surface area (Å²) in [6.45, 7) is 4.45. The lowest BCUT2D eigenvalue weighted by Crippen LogP contribution is -2.51. The van der Waals surface area contributed by atoms with E-state index >= 15 is 0 Å². The Morgan fingerprint density at radius 1 is 1.03 bits per heavy atom. The monoisotopic (exact) mass is 479 g/mol. The van der Waals surface area contributed by atoms with E-state index in [4.69, 9.17) is 0 Å². The van der Waals surface area contributed by atoms with Crippen molar-refractivity contribution < 1.29 is 18.4 Å². The molecule has 174 valence electrons. The molecular weight excluding hydrogens is 456 g/mol. The lowest BCUT2D eigenvalue weighted by atomic mass is 10.1. The summed E-state index contributed by atoms with van der Waals surface area (Å²) in [6.07, 6.45) is 0. The van der Waals surface area contributed by atoms with E-state index in [2.05, 4.69) is 5.32 Å². The number of benzene rings is 3. The van der Waals surface area contributed by atoms with Gasteiger partial charge in [0.15, 0.2) is 16.5 Å². The molecule has 5 nitrogen and oxygen atoms in total. The zero-order chi connectivity index (χ0) is 24.0. The van der Waals surface area contributed by atoms with Crippen molar-refractivity contribution in [2.75, 3.05) is 22.5 Å². The molecule has 0 saturated carbocycles. The molecular formula is C26H23F2N3O2S. The van der Waals surface area contributed by atoms with Gasteiger partial charge in [0.2, 0.25) is 0 Å². The molecule has 8 heteroatoms. The van der Waals surface area contributed by atoms with Gasteiger partial charge in [-0.15, -0.1) is 11.8 Å². The SMILES string of the molecule is Cc1ccc(NC(=O)N2CCS[C@]23C(=O)N(Cc2ccc(F)c(F)c2)c2ccccc23)cc1C. The first-order chi connectivity index (χ1) is 16.3. The minimum absolute atomic E-state index is 0.0714. The van der Waals surface area contributed by atoms with Crippen molar-refractivity contribution in [3.63, 3.8) is 0 Å². The van der Waals surface area contributed by atoms with Crippen LogP contribution in [-0.2, 0) is 16.2 Å². The van der Waals surface area contributed by atoms with E-state index < -0.39 is 16.5 Å². The molecule has 3 amide bonds. The average molecular weight is 480 g/mol. The number of hydrogen-bond acceptors (Lipinski definition) is 3. The number of carbonyl (C=O) groups excluding carboxylic acids is 2. The third-order valence-electron chi connectivity index (χ3n) is 6.43. The predicted molar refractivity (Wildman–Crippen MR) is 130 cm³/mol. The van der Waals surface area contributed by atoms with Crippen molar-refractivity contribution in [3.8, 4) is 0 Å². The van der Waals surface area contributed by atoms with Crippen LogP contribution in [0.25, 0.3) is 0 Å². The van der Waals surface area contributed by atoms with Gasteiger partial charge in [-0.2, -0.15) is 0 Å². The maximum Gasteiger partial charge on any atom is 0.323 e. The van der Waals surface area contributed by atoms with Gasteiger partial charge < -0.3 is 10.2 Å². The topological polar surface area (TPSA) is 52.7 Å². The Morgan fingerprint density at radius 2 is 1.82 bits per heavy atom. The van der Waals surface area contributed by atoms with E-state index in [-0.39, 0.29) is 18.5 Å². The Kier molecular flexibility index (Phi) is 5.56. The Bertz CT molecular complexity index is 1310. The van der Waals surface area contributed by atoms with E-state index in [1.165, 1.54) is 17.8 Å². The number of carbonyl (C=O) groups is 2. The van der Waals surface area contributed by atoms with Gasteiger partial charge in [-0.05, 0) is 60.9 Å². The Labute approximate surface area is 200 Å². The second-order valence-corrected chi connectivity index (χ2v) is 9.82. The molecule has 0 aliphatic carbocycles. The van der Waals surface area contributed by atoms with Gasteiger partial charge in [0, 0.05) is 23.5 Å². The number of thioether (sulfide) groups is 1. The van der Waals surface area contributed by atoms with Crippen molar-refractivity contribution in [3.05, 3.63) is 94.6 Å². The molecule has 2 aliphatic heterocycles. The fourth-order valence-electron chi connectivity index (χ4n) is 4.56. The fraction of sp³-hybridized carbons (Fsp3) is 0.231. The molecule has 3 aromatic rings. The third kappa shape index (κ3) is 3.53. The maximum atomic E-state index is 13.9. The number of urea groups is 1. The van der Waals surface area contributed by atoms with Crippen LogP contribution in [0.1, 0.15) is 22.3 Å². The molecule has 1 fully saturated rings. The van der Waals surface area contributed by atoms with Crippen molar-refractivity contribution >= 4 is 35.1 Å². The van der Waals surface area contributed by atoms with Gasteiger partial charge in [-0.3, -0.25) is 9.69 Å². The average Bonchev–Trinajstić information content (AvgIpc) is 3.36. The lowest BCUT2D eigenvalue weighted by molar-refractivity contribution is -0.123. The molecule has 3 aromatic carbocycles. The molecule has 1 saturated heterocycles. The van der Waals surface area contributed by atoms with Crippen molar-refractivity contribution in [2.45, 2.75) is 25.3 Å². The van der Waals surface area contributed by atoms with Crippen LogP contribution in [0, 0.1) is 25.5 Å². The van der Waals surface area contributed by atoms with E-state index in [0.717, 1.165) is 28.8 Å². The molecule has 0 unspecified atom stereocenters. The summed E-state index contributed by atoms with van der Waals surface area (Å²) in [6, 6.07) is 16.3. The molecule has 2 aliphatic rings. The number of fused-ring (bicyclic) bond motifs is 2. The lowest BCUT2D eigenvalue weighted by Gasteiger charge is -2.33. The van der Waals surface area contributed by atoms with Gasteiger partial charge in [0.1, 0.15) is 0 Å². The summed E-state index contributed by atoms with van der Waals surface area (Å²) >= 11 is 1.42. The molecule has 0 bridgehead atoms. The van der Waals surface area contributed by atoms with Crippen LogP contribution < -0.4 is 10.2 Å². The second-order valence-electron chi connectivity index (χ2n) is 8.53. The number of para-hydroxylation sites is 1. The molecule has 34 heavy (non-hydrogen) atoms. The number of hydrogen-bond donors (Lipinski definition) is 1. The van der Waals surface area contributed by atoms with Crippen LogP contribution in [0.3, 0.4) is 0 Å². The van der Waals surface area contributed by atoms with E-state index in [1.807, 2.05) is 56.3 Å². The van der Waals surface area contributed by atoms with E-state index in [1.54, 1.807) is 9.80 Å². The highest BCUT2D eigenvalue weighted by Crippen LogP contribution is 2.54. The van der Waals surface area contributed by atoms with E-state index in [9.17, 15) is 18.4 Å². The standard InChI is InChI=1S/C26H23F2N3O2S/c1-16-7-9-19(13-17(16)2)29-25(33)31-11-12-34-26(31)20-5-3-4-6-23(20)30(24(26)32)15-18-8-10-21(27)22(28)14-18/h3-10,13-14H,11-12,15H2,1-2H3,(H,29,33)/t26-/m1/s1. The quantitative estimate of drug-likeness (QED) is 0.535. The summed E-state index contributed by atoms with van der Waals surface area (Å²) in [5.74, 6) is -1.57. The van der Waals surface area contributed by atoms with Crippen LogP contribution in [0.15, 0.2) is 60.7 Å². The van der Waals surface area contributed by atoms with Gasteiger partial charge in [0.25, 0.3) is 5.91 Å². The molecule has 5 rings (SSSR count). The maximum absolute atomic E-state index is 13.9. The predicted octanol–water partition coefficient (Wildman–Crippen LogP) is 5.56. The van der Waals surface area contributed by atoms with Crippen molar-refractivity contribution in [2.24, 2.45) is 0 Å².